The monoisotopic (exact) mass is 284 g/mol. The molecular weight excluding hydrogens is 264 g/mol. The molecule has 0 N–H and O–H groups in total. The Morgan fingerprint density at radius 2 is 1.88 bits per heavy atom. The lowest BCUT2D eigenvalue weighted by molar-refractivity contribution is 0.191. The molecule has 102 valence electrons. The van der Waals surface area contributed by atoms with Crippen molar-refractivity contribution in [1.82, 2.24) is 9.21 Å². The highest BCUT2D eigenvalue weighted by Gasteiger charge is 2.25. The van der Waals surface area contributed by atoms with Crippen LogP contribution < -0.4 is 0 Å². The lowest BCUT2D eigenvalue weighted by atomic mass is 10.4. The summed E-state index contributed by atoms with van der Waals surface area (Å²) in [6.07, 6.45) is 0.556. The number of rotatable bonds is 7. The van der Waals surface area contributed by atoms with Gasteiger partial charge in [-0.1, -0.05) is 0 Å². The standard InChI is InChI=1S/C10H21ClN2O3S/c1-16-9-2-10-17(14,15)13-7-5-12(4-3-11)6-8-13/h2-10H2,1H3. The van der Waals surface area contributed by atoms with Crippen molar-refractivity contribution in [2.75, 3.05) is 58.1 Å². The number of nitrogens with zero attached hydrogens (tertiary/aromatic N) is 2. The van der Waals surface area contributed by atoms with Gasteiger partial charge >= 0.3 is 0 Å². The third-order valence-corrected chi connectivity index (χ3v) is 5.00. The minimum atomic E-state index is -3.10. The number of halogens is 1. The van der Waals surface area contributed by atoms with Crippen LogP contribution in [0.3, 0.4) is 0 Å². The molecule has 1 aliphatic heterocycles. The quantitative estimate of drug-likeness (QED) is 0.495. The molecule has 0 radical (unpaired) electrons. The van der Waals surface area contributed by atoms with Crippen LogP contribution in [-0.4, -0.2) is 75.7 Å². The average Bonchev–Trinajstić information content (AvgIpc) is 2.30. The lowest BCUT2D eigenvalue weighted by Crippen LogP contribution is -2.49. The summed E-state index contributed by atoms with van der Waals surface area (Å²) in [5.41, 5.74) is 0. The topological polar surface area (TPSA) is 49.9 Å². The van der Waals surface area contributed by atoms with Crippen molar-refractivity contribution >= 4 is 21.6 Å². The molecule has 0 atom stereocenters. The SMILES string of the molecule is COCCCS(=O)(=O)N1CCN(CCCl)CC1. The molecule has 0 aromatic heterocycles. The van der Waals surface area contributed by atoms with Gasteiger partial charge in [0.2, 0.25) is 10.0 Å². The molecular formula is C10H21ClN2O3S. The second-order valence-corrected chi connectivity index (χ2v) is 6.56. The summed E-state index contributed by atoms with van der Waals surface area (Å²) in [7, 11) is -1.52. The Bertz CT molecular complexity index is 303. The van der Waals surface area contributed by atoms with Crippen molar-refractivity contribution in [1.29, 1.82) is 0 Å². The molecule has 1 aliphatic rings. The van der Waals surface area contributed by atoms with Crippen LogP contribution >= 0.6 is 11.6 Å². The Kier molecular flexibility index (Phi) is 6.72. The zero-order chi connectivity index (χ0) is 12.7. The summed E-state index contributed by atoms with van der Waals surface area (Å²) in [4.78, 5) is 2.19. The van der Waals surface area contributed by atoms with Crippen LogP contribution in [0.4, 0.5) is 0 Å². The van der Waals surface area contributed by atoms with Gasteiger partial charge in [-0.25, -0.2) is 8.42 Å². The van der Waals surface area contributed by atoms with E-state index < -0.39 is 10.0 Å². The van der Waals surface area contributed by atoms with Gasteiger partial charge < -0.3 is 4.74 Å². The van der Waals surface area contributed by atoms with Crippen LogP contribution in [-0.2, 0) is 14.8 Å². The molecule has 5 nitrogen and oxygen atoms in total. The van der Waals surface area contributed by atoms with Crippen molar-refractivity contribution in [3.8, 4) is 0 Å². The van der Waals surface area contributed by atoms with Gasteiger partial charge in [-0.05, 0) is 6.42 Å². The van der Waals surface area contributed by atoms with Gasteiger partial charge in [0.05, 0.1) is 5.75 Å². The smallest absolute Gasteiger partial charge is 0.214 e. The highest BCUT2D eigenvalue weighted by molar-refractivity contribution is 7.89. The minimum absolute atomic E-state index is 0.177. The zero-order valence-electron chi connectivity index (χ0n) is 10.3. The molecule has 0 spiro atoms. The maximum absolute atomic E-state index is 12.0. The molecule has 0 amide bonds. The zero-order valence-corrected chi connectivity index (χ0v) is 11.8. The fraction of sp³-hybridized carbons (Fsp3) is 1.00. The van der Waals surface area contributed by atoms with Gasteiger partial charge in [0.15, 0.2) is 0 Å². The first kappa shape index (κ1) is 15.2. The molecule has 0 aromatic carbocycles. The Hall–Kier alpha value is 0.120. The van der Waals surface area contributed by atoms with Gasteiger partial charge in [-0.3, -0.25) is 4.90 Å². The van der Waals surface area contributed by atoms with E-state index in [2.05, 4.69) is 4.90 Å². The highest BCUT2D eigenvalue weighted by atomic mass is 35.5. The number of piperazine rings is 1. The highest BCUT2D eigenvalue weighted by Crippen LogP contribution is 2.09. The second kappa shape index (κ2) is 7.53. The largest absolute Gasteiger partial charge is 0.385 e. The van der Waals surface area contributed by atoms with E-state index in [0.29, 0.717) is 32.0 Å². The number of sulfonamides is 1. The number of hydrogen-bond acceptors (Lipinski definition) is 4. The maximum atomic E-state index is 12.0. The normalized spacial score (nSPS) is 19.6. The minimum Gasteiger partial charge on any atom is -0.385 e. The van der Waals surface area contributed by atoms with Crippen molar-refractivity contribution in [2.24, 2.45) is 0 Å². The molecule has 0 bridgehead atoms. The molecule has 0 aliphatic carbocycles. The van der Waals surface area contributed by atoms with Crippen LogP contribution in [0, 0.1) is 0 Å². The number of methoxy groups -OCH3 is 1. The third kappa shape index (κ3) is 5.09. The van der Waals surface area contributed by atoms with E-state index in [9.17, 15) is 8.42 Å². The number of alkyl halides is 1. The van der Waals surface area contributed by atoms with Gasteiger partial charge in [0, 0.05) is 52.3 Å². The average molecular weight is 285 g/mol. The van der Waals surface area contributed by atoms with E-state index in [4.69, 9.17) is 16.3 Å². The summed E-state index contributed by atoms with van der Waals surface area (Å²) in [5, 5.41) is 0. The Balaban J connectivity index is 2.36. The third-order valence-electron chi connectivity index (χ3n) is 2.88. The molecule has 0 aromatic rings. The van der Waals surface area contributed by atoms with Crippen LogP contribution in [0.2, 0.25) is 0 Å². The molecule has 0 unspecified atom stereocenters. The predicted molar refractivity (Wildman–Crippen MR) is 69.0 cm³/mol. The molecule has 17 heavy (non-hydrogen) atoms. The molecule has 1 fully saturated rings. The van der Waals surface area contributed by atoms with Gasteiger partial charge in [0.1, 0.15) is 0 Å². The maximum Gasteiger partial charge on any atom is 0.214 e. The fourth-order valence-electron chi connectivity index (χ4n) is 1.87. The van der Waals surface area contributed by atoms with Crippen LogP contribution in [0.25, 0.3) is 0 Å². The first-order chi connectivity index (χ1) is 8.10. The first-order valence-electron chi connectivity index (χ1n) is 5.85. The van der Waals surface area contributed by atoms with E-state index in [1.165, 1.54) is 0 Å². The molecule has 7 heteroatoms. The Morgan fingerprint density at radius 1 is 1.24 bits per heavy atom. The van der Waals surface area contributed by atoms with E-state index in [0.717, 1.165) is 19.6 Å². The van der Waals surface area contributed by atoms with Crippen molar-refractivity contribution in [3.63, 3.8) is 0 Å². The van der Waals surface area contributed by atoms with Gasteiger partial charge in [-0.2, -0.15) is 4.31 Å². The Labute approximate surface area is 109 Å². The predicted octanol–water partition coefficient (Wildman–Crippen LogP) is 0.209. The van der Waals surface area contributed by atoms with Crippen LogP contribution in [0.15, 0.2) is 0 Å². The van der Waals surface area contributed by atoms with Gasteiger partial charge in [-0.15, -0.1) is 11.6 Å². The summed E-state index contributed by atoms with van der Waals surface area (Å²) in [6.45, 7) is 4.02. The van der Waals surface area contributed by atoms with Crippen molar-refractivity contribution in [2.45, 2.75) is 6.42 Å². The van der Waals surface area contributed by atoms with E-state index >= 15 is 0 Å². The number of hydrogen-bond donors (Lipinski definition) is 0. The van der Waals surface area contributed by atoms with E-state index in [-0.39, 0.29) is 5.75 Å². The first-order valence-corrected chi connectivity index (χ1v) is 7.99. The molecule has 1 rings (SSSR count). The van der Waals surface area contributed by atoms with Gasteiger partial charge in [0.25, 0.3) is 0 Å². The van der Waals surface area contributed by atoms with Crippen LogP contribution in [0.1, 0.15) is 6.42 Å². The Morgan fingerprint density at radius 3 is 2.41 bits per heavy atom. The molecule has 1 heterocycles. The van der Waals surface area contributed by atoms with E-state index in [1.807, 2.05) is 0 Å². The summed E-state index contributed by atoms with van der Waals surface area (Å²) >= 11 is 5.66. The summed E-state index contributed by atoms with van der Waals surface area (Å²) < 4.78 is 30.3. The summed E-state index contributed by atoms with van der Waals surface area (Å²) in [5.74, 6) is 0.775. The number of ether oxygens (including phenoxy) is 1. The fourth-order valence-corrected chi connectivity index (χ4v) is 3.57. The lowest BCUT2D eigenvalue weighted by Gasteiger charge is -2.33. The van der Waals surface area contributed by atoms with E-state index in [1.54, 1.807) is 11.4 Å². The van der Waals surface area contributed by atoms with Crippen molar-refractivity contribution in [3.05, 3.63) is 0 Å². The second-order valence-electron chi connectivity index (χ2n) is 4.09. The molecule has 1 saturated heterocycles. The molecule has 0 saturated carbocycles. The summed E-state index contributed by atoms with van der Waals surface area (Å²) in [6, 6.07) is 0. The van der Waals surface area contributed by atoms with Crippen molar-refractivity contribution < 1.29 is 13.2 Å². The van der Waals surface area contributed by atoms with Crippen LogP contribution in [0.5, 0.6) is 0 Å².